The molecule has 0 amide bonds. The first-order valence-corrected chi connectivity index (χ1v) is 6.78. The largest absolute Gasteiger partial charge is 0.386 e. The second-order valence-electron chi connectivity index (χ2n) is 6.42. The number of hydrogen-bond acceptors (Lipinski definition) is 4. The number of nitrogens with zero attached hydrogens (tertiary/aromatic N) is 1. The van der Waals surface area contributed by atoms with E-state index in [1.165, 1.54) is 11.1 Å². The Bertz CT molecular complexity index is 551. The van der Waals surface area contributed by atoms with Gasteiger partial charge < -0.3 is 9.94 Å². The number of fused-ring (bicyclic) bond motifs is 1. The van der Waals surface area contributed by atoms with E-state index in [4.69, 9.17) is 0 Å². The van der Waals surface area contributed by atoms with Crippen molar-refractivity contribution in [3.05, 3.63) is 44.0 Å². The van der Waals surface area contributed by atoms with Crippen LogP contribution in [-0.2, 0) is 17.7 Å². The molecule has 1 atom stereocenters. The van der Waals surface area contributed by atoms with Crippen LogP contribution in [0.4, 0.5) is 0 Å². The molecule has 0 heterocycles. The van der Waals surface area contributed by atoms with E-state index < -0.39 is 11.2 Å². The van der Waals surface area contributed by atoms with Crippen LogP contribution >= 0.6 is 0 Å². The molecule has 0 saturated carbocycles. The van der Waals surface area contributed by atoms with Crippen LogP contribution in [-0.4, -0.2) is 16.8 Å². The molecule has 1 aliphatic carbocycles. The zero-order valence-electron chi connectivity index (χ0n) is 12.4. The maximum absolute atomic E-state index is 10.2. The van der Waals surface area contributed by atoms with Gasteiger partial charge in [0.25, 0.3) is 5.09 Å². The zero-order chi connectivity index (χ0) is 15.1. The van der Waals surface area contributed by atoms with Gasteiger partial charge in [0.15, 0.2) is 0 Å². The van der Waals surface area contributed by atoms with Crippen molar-refractivity contribution in [3.8, 4) is 0 Å². The molecule has 0 spiro atoms. The van der Waals surface area contributed by atoms with Gasteiger partial charge in [-0.05, 0) is 59.9 Å². The first-order valence-electron chi connectivity index (χ1n) is 6.78. The average Bonchev–Trinajstić information content (AvgIpc) is 2.61. The molecule has 2 rings (SSSR count). The highest BCUT2D eigenvalue weighted by Gasteiger charge is 2.31. The lowest BCUT2D eigenvalue weighted by Crippen LogP contribution is -2.14. The fourth-order valence-corrected chi connectivity index (χ4v) is 3.31. The summed E-state index contributed by atoms with van der Waals surface area (Å²) in [5.41, 5.74) is 5.62. The molecule has 0 unspecified atom stereocenters. The molecule has 1 aromatic rings. The summed E-state index contributed by atoms with van der Waals surface area (Å²) >= 11 is 0. The van der Waals surface area contributed by atoms with Gasteiger partial charge in [-0.3, -0.25) is 0 Å². The van der Waals surface area contributed by atoms with Gasteiger partial charge in [0.1, 0.15) is 12.7 Å². The summed E-state index contributed by atoms with van der Waals surface area (Å²) in [6, 6.07) is 2.10. The molecule has 1 N–H and O–H groups in total. The van der Waals surface area contributed by atoms with Gasteiger partial charge >= 0.3 is 0 Å². The molecule has 1 aliphatic rings. The molecule has 0 aliphatic heterocycles. The van der Waals surface area contributed by atoms with Crippen LogP contribution in [0.5, 0.6) is 0 Å². The SMILES string of the molecule is Cc1cc2c(c(C)c1[C@H](O)CO[N+](=O)[O-])CC(C)(C)C2. The number of aliphatic hydroxyl groups excluding tert-OH is 1. The number of aryl methyl sites for hydroxylation is 1. The Balaban J connectivity index is 2.34. The van der Waals surface area contributed by atoms with Gasteiger partial charge in [0.2, 0.25) is 0 Å². The van der Waals surface area contributed by atoms with E-state index in [0.717, 1.165) is 29.5 Å². The van der Waals surface area contributed by atoms with Gasteiger partial charge in [-0.15, -0.1) is 10.1 Å². The maximum Gasteiger partial charge on any atom is 0.294 e. The van der Waals surface area contributed by atoms with Crippen LogP contribution in [0.15, 0.2) is 6.07 Å². The monoisotopic (exact) mass is 279 g/mol. The summed E-state index contributed by atoms with van der Waals surface area (Å²) in [5.74, 6) is 0. The fraction of sp³-hybridized carbons (Fsp3) is 0.600. The van der Waals surface area contributed by atoms with Crippen LogP contribution in [0.1, 0.15) is 47.8 Å². The minimum Gasteiger partial charge on any atom is -0.386 e. The highest BCUT2D eigenvalue weighted by Crippen LogP contribution is 2.40. The molecule has 0 radical (unpaired) electrons. The van der Waals surface area contributed by atoms with E-state index in [9.17, 15) is 15.2 Å². The van der Waals surface area contributed by atoms with Crippen molar-refractivity contribution >= 4 is 0 Å². The third kappa shape index (κ3) is 2.77. The second-order valence-corrected chi connectivity index (χ2v) is 6.42. The number of hydrogen-bond donors (Lipinski definition) is 1. The van der Waals surface area contributed by atoms with Crippen molar-refractivity contribution in [2.24, 2.45) is 5.41 Å². The number of aliphatic hydroxyl groups is 1. The Morgan fingerprint density at radius 3 is 2.70 bits per heavy atom. The Morgan fingerprint density at radius 1 is 1.45 bits per heavy atom. The second kappa shape index (κ2) is 5.05. The topological polar surface area (TPSA) is 72.6 Å². The third-order valence-corrected chi connectivity index (χ3v) is 4.06. The molecule has 0 saturated heterocycles. The molecule has 20 heavy (non-hydrogen) atoms. The first-order chi connectivity index (χ1) is 9.21. The summed E-state index contributed by atoms with van der Waals surface area (Å²) in [5, 5.41) is 19.5. The molecular weight excluding hydrogens is 258 g/mol. The van der Waals surface area contributed by atoms with Crippen LogP contribution in [0.2, 0.25) is 0 Å². The smallest absolute Gasteiger partial charge is 0.294 e. The summed E-state index contributed by atoms with van der Waals surface area (Å²) in [6.45, 7) is 8.06. The molecule has 0 bridgehead atoms. The normalized spacial score (nSPS) is 17.6. The Hall–Kier alpha value is -1.62. The summed E-state index contributed by atoms with van der Waals surface area (Å²) in [4.78, 5) is 14.6. The molecule has 1 aromatic carbocycles. The predicted octanol–water partition coefficient (Wildman–Crippen LogP) is 2.67. The van der Waals surface area contributed by atoms with E-state index in [0.29, 0.717) is 0 Å². The first kappa shape index (κ1) is 14.8. The standard InChI is InChI=1S/C15H21NO4/c1-9-5-11-6-15(3,4)7-12(11)10(2)14(9)13(17)8-20-16(18)19/h5,13,17H,6-8H2,1-4H3/t13-/m1/s1. The molecule has 5 nitrogen and oxygen atoms in total. The molecule has 110 valence electrons. The fourth-order valence-electron chi connectivity index (χ4n) is 3.31. The van der Waals surface area contributed by atoms with Crippen molar-refractivity contribution < 1.29 is 15.0 Å². The van der Waals surface area contributed by atoms with Crippen molar-refractivity contribution in [1.82, 2.24) is 0 Å². The van der Waals surface area contributed by atoms with E-state index in [1.807, 2.05) is 13.8 Å². The van der Waals surface area contributed by atoms with Crippen LogP contribution < -0.4 is 0 Å². The van der Waals surface area contributed by atoms with Crippen LogP contribution in [0.3, 0.4) is 0 Å². The highest BCUT2D eigenvalue weighted by molar-refractivity contribution is 5.49. The Labute approximate surface area is 118 Å². The molecule has 0 fully saturated rings. The number of rotatable bonds is 4. The molecule has 0 aromatic heterocycles. The lowest BCUT2D eigenvalue weighted by atomic mass is 9.89. The van der Waals surface area contributed by atoms with Gasteiger partial charge in [0.05, 0.1) is 0 Å². The Morgan fingerprint density at radius 2 is 2.10 bits per heavy atom. The van der Waals surface area contributed by atoms with Gasteiger partial charge in [-0.2, -0.15) is 0 Å². The van der Waals surface area contributed by atoms with Crippen LogP contribution in [0, 0.1) is 29.4 Å². The quantitative estimate of drug-likeness (QED) is 0.679. The van der Waals surface area contributed by atoms with Crippen LogP contribution in [0.25, 0.3) is 0 Å². The van der Waals surface area contributed by atoms with E-state index in [2.05, 4.69) is 24.8 Å². The average molecular weight is 279 g/mol. The van der Waals surface area contributed by atoms with E-state index in [1.54, 1.807) is 0 Å². The van der Waals surface area contributed by atoms with Crippen molar-refractivity contribution in [1.29, 1.82) is 0 Å². The Kier molecular flexibility index (Phi) is 3.73. The molecular formula is C15H21NO4. The van der Waals surface area contributed by atoms with Gasteiger partial charge in [0, 0.05) is 0 Å². The lowest BCUT2D eigenvalue weighted by molar-refractivity contribution is -0.759. The van der Waals surface area contributed by atoms with Crippen molar-refractivity contribution in [3.63, 3.8) is 0 Å². The van der Waals surface area contributed by atoms with E-state index >= 15 is 0 Å². The third-order valence-electron chi connectivity index (χ3n) is 4.06. The minimum atomic E-state index is -0.964. The molecule has 5 heteroatoms. The van der Waals surface area contributed by atoms with Crippen molar-refractivity contribution in [2.45, 2.75) is 46.6 Å². The minimum absolute atomic E-state index is 0.237. The predicted molar refractivity (Wildman–Crippen MR) is 75.0 cm³/mol. The van der Waals surface area contributed by atoms with Crippen molar-refractivity contribution in [2.75, 3.05) is 6.61 Å². The van der Waals surface area contributed by atoms with E-state index in [-0.39, 0.29) is 12.0 Å². The zero-order valence-corrected chi connectivity index (χ0v) is 12.4. The summed E-state index contributed by atoms with van der Waals surface area (Å²) in [7, 11) is 0. The van der Waals surface area contributed by atoms with Gasteiger partial charge in [-0.25, -0.2) is 0 Å². The highest BCUT2D eigenvalue weighted by atomic mass is 17.0. The van der Waals surface area contributed by atoms with Gasteiger partial charge in [-0.1, -0.05) is 19.9 Å². The summed E-state index contributed by atoms with van der Waals surface area (Å²) < 4.78 is 0. The lowest BCUT2D eigenvalue weighted by Gasteiger charge is -2.19. The number of benzene rings is 1. The maximum atomic E-state index is 10.2. The summed E-state index contributed by atoms with van der Waals surface area (Å²) in [6.07, 6.45) is 1.05.